The first-order valence-corrected chi connectivity index (χ1v) is 9.59. The van der Waals surface area contributed by atoms with Gasteiger partial charge in [0.1, 0.15) is 5.75 Å². The minimum Gasteiger partial charge on any atom is -0.482 e. The summed E-state index contributed by atoms with van der Waals surface area (Å²) in [5, 5.41) is 2.15. The Labute approximate surface area is 160 Å². The summed E-state index contributed by atoms with van der Waals surface area (Å²) in [4.78, 5) is 26.7. The number of esters is 1. The summed E-state index contributed by atoms with van der Waals surface area (Å²) in [7, 11) is 0. The van der Waals surface area contributed by atoms with Crippen LogP contribution in [0.4, 0.5) is 0 Å². The van der Waals surface area contributed by atoms with Crippen LogP contribution in [0.3, 0.4) is 0 Å². The van der Waals surface area contributed by atoms with Crippen molar-refractivity contribution < 1.29 is 19.1 Å². The zero-order chi connectivity index (χ0) is 19.4. The summed E-state index contributed by atoms with van der Waals surface area (Å²) in [6.45, 7) is 5.50. The number of hydrogen-bond donors (Lipinski definition) is 0. The van der Waals surface area contributed by atoms with Crippen molar-refractivity contribution in [1.29, 1.82) is 0 Å². The Hall–Kier alpha value is -2.56. The van der Waals surface area contributed by atoms with Crippen LogP contribution < -0.4 is 4.74 Å². The molecule has 2 aromatic carbocycles. The predicted molar refractivity (Wildman–Crippen MR) is 105 cm³/mol. The SMILES string of the molecule is C[C@@H]1CCC[C@H](C)N1C(=O)[C@@H](C)OC(=O)COc1ccc2ccccc2c1. The highest BCUT2D eigenvalue weighted by molar-refractivity contribution is 5.85. The van der Waals surface area contributed by atoms with Gasteiger partial charge in [-0.25, -0.2) is 4.79 Å². The molecule has 144 valence electrons. The van der Waals surface area contributed by atoms with Gasteiger partial charge in [-0.05, 0) is 62.9 Å². The van der Waals surface area contributed by atoms with E-state index < -0.39 is 12.1 Å². The van der Waals surface area contributed by atoms with Crippen LogP contribution >= 0.6 is 0 Å². The summed E-state index contributed by atoms with van der Waals surface area (Å²) in [6.07, 6.45) is 2.30. The Morgan fingerprint density at radius 1 is 1.07 bits per heavy atom. The standard InChI is InChI=1S/C22H27NO4/c1-15-7-6-8-16(2)23(15)22(25)17(3)27-21(24)14-26-20-12-11-18-9-4-5-10-19(18)13-20/h4-5,9-13,15-17H,6-8,14H2,1-3H3/t15-,16+,17-/m1/s1. The van der Waals surface area contributed by atoms with E-state index in [1.807, 2.05) is 61.2 Å². The summed E-state index contributed by atoms with van der Waals surface area (Å²) in [5.41, 5.74) is 0. The topological polar surface area (TPSA) is 55.8 Å². The molecule has 0 bridgehead atoms. The second kappa shape index (κ2) is 8.42. The maximum Gasteiger partial charge on any atom is 0.344 e. The number of nitrogens with zero attached hydrogens (tertiary/aromatic N) is 1. The van der Waals surface area contributed by atoms with Crippen LogP contribution in [0.2, 0.25) is 0 Å². The van der Waals surface area contributed by atoms with Crippen molar-refractivity contribution in [3.63, 3.8) is 0 Å². The van der Waals surface area contributed by atoms with E-state index in [1.54, 1.807) is 6.92 Å². The molecule has 1 aliphatic rings. The molecule has 0 saturated carbocycles. The van der Waals surface area contributed by atoms with E-state index >= 15 is 0 Å². The number of fused-ring (bicyclic) bond motifs is 1. The molecule has 0 unspecified atom stereocenters. The maximum atomic E-state index is 12.7. The highest BCUT2D eigenvalue weighted by Crippen LogP contribution is 2.24. The van der Waals surface area contributed by atoms with Crippen molar-refractivity contribution in [3.05, 3.63) is 42.5 Å². The monoisotopic (exact) mass is 369 g/mol. The first-order chi connectivity index (χ1) is 13.0. The largest absolute Gasteiger partial charge is 0.482 e. The van der Waals surface area contributed by atoms with Crippen LogP contribution in [0.1, 0.15) is 40.0 Å². The first kappa shape index (κ1) is 19.2. The van der Waals surface area contributed by atoms with Crippen molar-refractivity contribution in [1.82, 2.24) is 4.90 Å². The summed E-state index contributed by atoms with van der Waals surface area (Å²) in [6, 6.07) is 13.9. The van der Waals surface area contributed by atoms with Crippen LogP contribution in [-0.2, 0) is 14.3 Å². The smallest absolute Gasteiger partial charge is 0.344 e. The molecule has 0 aromatic heterocycles. The van der Waals surface area contributed by atoms with Gasteiger partial charge in [-0.1, -0.05) is 30.3 Å². The number of amides is 1. The maximum absolute atomic E-state index is 12.7. The summed E-state index contributed by atoms with van der Waals surface area (Å²) < 4.78 is 10.9. The number of rotatable bonds is 5. The highest BCUT2D eigenvalue weighted by Gasteiger charge is 2.33. The lowest BCUT2D eigenvalue weighted by Gasteiger charge is -2.40. The molecule has 2 aromatic rings. The third-order valence-electron chi connectivity index (χ3n) is 5.18. The third-order valence-corrected chi connectivity index (χ3v) is 5.18. The number of benzene rings is 2. The fraction of sp³-hybridized carbons (Fsp3) is 0.455. The quantitative estimate of drug-likeness (QED) is 0.749. The van der Waals surface area contributed by atoms with Gasteiger partial charge in [0.25, 0.3) is 5.91 Å². The molecule has 5 nitrogen and oxygen atoms in total. The average Bonchev–Trinajstić information content (AvgIpc) is 2.66. The second-order valence-corrected chi connectivity index (χ2v) is 7.30. The zero-order valence-electron chi connectivity index (χ0n) is 16.2. The van der Waals surface area contributed by atoms with Crippen molar-refractivity contribution in [2.24, 2.45) is 0 Å². The average molecular weight is 369 g/mol. The first-order valence-electron chi connectivity index (χ1n) is 9.59. The van der Waals surface area contributed by atoms with Crippen molar-refractivity contribution in [2.45, 2.75) is 58.2 Å². The lowest BCUT2D eigenvalue weighted by atomic mass is 9.97. The Bertz CT molecular complexity index is 809. The molecule has 27 heavy (non-hydrogen) atoms. The van der Waals surface area contributed by atoms with Crippen LogP contribution in [-0.4, -0.2) is 41.6 Å². The number of hydrogen-bond acceptors (Lipinski definition) is 4. The van der Waals surface area contributed by atoms with Gasteiger partial charge in [-0.3, -0.25) is 4.79 Å². The number of ether oxygens (including phenoxy) is 2. The number of piperidine rings is 1. The molecule has 0 N–H and O–H groups in total. The molecular weight excluding hydrogens is 342 g/mol. The summed E-state index contributed by atoms with van der Waals surface area (Å²) >= 11 is 0. The molecule has 5 heteroatoms. The predicted octanol–water partition coefficient (Wildman–Crippen LogP) is 3.94. The van der Waals surface area contributed by atoms with Crippen LogP contribution in [0.15, 0.2) is 42.5 Å². The molecule has 1 heterocycles. The Morgan fingerprint density at radius 3 is 2.44 bits per heavy atom. The van der Waals surface area contributed by atoms with Crippen LogP contribution in [0, 0.1) is 0 Å². The lowest BCUT2D eigenvalue weighted by Crippen LogP contribution is -2.51. The van der Waals surface area contributed by atoms with Gasteiger partial charge in [0.05, 0.1) is 0 Å². The molecule has 0 spiro atoms. The van der Waals surface area contributed by atoms with Crippen molar-refractivity contribution in [3.8, 4) is 5.75 Å². The van der Waals surface area contributed by atoms with Gasteiger partial charge < -0.3 is 14.4 Å². The normalized spacial score (nSPS) is 20.9. The Balaban J connectivity index is 1.54. The van der Waals surface area contributed by atoms with Gasteiger partial charge in [-0.15, -0.1) is 0 Å². The van der Waals surface area contributed by atoms with E-state index in [2.05, 4.69) is 0 Å². The second-order valence-electron chi connectivity index (χ2n) is 7.30. The van der Waals surface area contributed by atoms with E-state index in [9.17, 15) is 9.59 Å². The van der Waals surface area contributed by atoms with Gasteiger partial charge in [0.15, 0.2) is 12.7 Å². The van der Waals surface area contributed by atoms with E-state index in [0.29, 0.717) is 5.75 Å². The van der Waals surface area contributed by atoms with E-state index in [4.69, 9.17) is 9.47 Å². The van der Waals surface area contributed by atoms with E-state index in [-0.39, 0.29) is 24.6 Å². The Morgan fingerprint density at radius 2 is 1.74 bits per heavy atom. The highest BCUT2D eigenvalue weighted by atomic mass is 16.6. The molecular formula is C22H27NO4. The molecule has 0 radical (unpaired) electrons. The van der Waals surface area contributed by atoms with Gasteiger partial charge in [-0.2, -0.15) is 0 Å². The molecule has 3 atom stereocenters. The molecule has 0 aliphatic carbocycles. The van der Waals surface area contributed by atoms with Crippen molar-refractivity contribution >= 4 is 22.6 Å². The third kappa shape index (κ3) is 4.59. The molecule has 3 rings (SSSR count). The van der Waals surface area contributed by atoms with Gasteiger partial charge in [0, 0.05) is 12.1 Å². The Kier molecular flexibility index (Phi) is 5.99. The van der Waals surface area contributed by atoms with Crippen LogP contribution in [0.25, 0.3) is 10.8 Å². The van der Waals surface area contributed by atoms with E-state index in [0.717, 1.165) is 30.0 Å². The number of carbonyl (C=O) groups is 2. The lowest BCUT2D eigenvalue weighted by molar-refractivity contribution is -0.163. The molecule has 1 aliphatic heterocycles. The molecule has 1 saturated heterocycles. The van der Waals surface area contributed by atoms with Gasteiger partial charge >= 0.3 is 5.97 Å². The minimum atomic E-state index is -0.805. The van der Waals surface area contributed by atoms with Gasteiger partial charge in [0.2, 0.25) is 0 Å². The number of likely N-dealkylation sites (tertiary alicyclic amines) is 1. The molecule has 1 fully saturated rings. The van der Waals surface area contributed by atoms with Crippen LogP contribution in [0.5, 0.6) is 5.75 Å². The molecule has 1 amide bonds. The van der Waals surface area contributed by atoms with E-state index in [1.165, 1.54) is 0 Å². The number of carbonyl (C=O) groups excluding carboxylic acids is 2. The fourth-order valence-corrected chi connectivity index (χ4v) is 3.75. The zero-order valence-corrected chi connectivity index (χ0v) is 16.2. The summed E-state index contributed by atoms with van der Waals surface area (Å²) in [5.74, 6) is -0.0713. The van der Waals surface area contributed by atoms with Crippen molar-refractivity contribution in [2.75, 3.05) is 6.61 Å². The minimum absolute atomic E-state index is 0.131. The fourth-order valence-electron chi connectivity index (χ4n) is 3.75.